The number of benzene rings is 1. The van der Waals surface area contributed by atoms with E-state index in [0.717, 1.165) is 35.6 Å². The molecule has 1 aromatic carbocycles. The van der Waals surface area contributed by atoms with Crippen LogP contribution in [0.25, 0.3) is 0 Å². The topological polar surface area (TPSA) is 70.2 Å². The molecule has 2 aliphatic heterocycles. The Kier molecular flexibility index (Phi) is 5.94. The highest BCUT2D eigenvalue weighted by molar-refractivity contribution is 8.00. The highest BCUT2D eigenvalue weighted by Gasteiger charge is 2.42. The molecule has 2 saturated heterocycles. The first-order chi connectivity index (χ1) is 11.7. The van der Waals surface area contributed by atoms with Crippen molar-refractivity contribution in [2.75, 3.05) is 17.3 Å². The van der Waals surface area contributed by atoms with Gasteiger partial charge >= 0.3 is 6.03 Å². The molecule has 0 aliphatic carbocycles. The van der Waals surface area contributed by atoms with Gasteiger partial charge in [0.25, 0.3) is 0 Å². The van der Waals surface area contributed by atoms with Crippen LogP contribution < -0.4 is 16.0 Å². The molecule has 3 rings (SSSR count). The molecule has 0 bridgehead atoms. The highest BCUT2D eigenvalue weighted by Crippen LogP contribution is 2.33. The van der Waals surface area contributed by atoms with Gasteiger partial charge in [-0.2, -0.15) is 11.8 Å². The number of hydrogen-bond donors (Lipinski definition) is 3. The van der Waals surface area contributed by atoms with E-state index in [1.807, 2.05) is 42.3 Å². The van der Waals surface area contributed by atoms with Gasteiger partial charge in [0.2, 0.25) is 5.91 Å². The number of anilines is 1. The molecule has 2 aliphatic rings. The van der Waals surface area contributed by atoms with Gasteiger partial charge < -0.3 is 16.0 Å². The van der Waals surface area contributed by atoms with Gasteiger partial charge in [-0.25, -0.2) is 4.79 Å². The van der Waals surface area contributed by atoms with Crippen molar-refractivity contribution >= 4 is 41.1 Å². The molecule has 3 unspecified atom stereocenters. The first-order valence-electron chi connectivity index (χ1n) is 8.28. The highest BCUT2D eigenvalue weighted by atomic mass is 32.2. The first-order valence-corrected chi connectivity index (χ1v) is 10.6. The van der Waals surface area contributed by atoms with Crippen LogP contribution in [0.3, 0.4) is 0 Å². The van der Waals surface area contributed by atoms with E-state index in [4.69, 9.17) is 0 Å². The molecular formula is C17H23N3O2S2. The monoisotopic (exact) mass is 365 g/mol. The quantitative estimate of drug-likeness (QED) is 0.395. The minimum absolute atomic E-state index is 0.0397. The summed E-state index contributed by atoms with van der Waals surface area (Å²) in [5.74, 6) is 1.06. The lowest BCUT2D eigenvalue weighted by Crippen LogP contribution is -2.36. The van der Waals surface area contributed by atoms with Crippen LogP contribution in [-0.2, 0) is 4.79 Å². The van der Waals surface area contributed by atoms with Gasteiger partial charge in [-0.15, -0.1) is 11.8 Å². The number of carbonyl (C=O) groups is 2. The summed E-state index contributed by atoms with van der Waals surface area (Å²) in [7, 11) is 0. The number of fused-ring (bicyclic) bond motifs is 1. The van der Waals surface area contributed by atoms with Crippen molar-refractivity contribution in [2.45, 2.75) is 47.9 Å². The summed E-state index contributed by atoms with van der Waals surface area (Å²) in [5, 5.41) is 9.39. The molecule has 5 nitrogen and oxygen atoms in total. The third kappa shape index (κ3) is 4.39. The van der Waals surface area contributed by atoms with E-state index in [1.54, 1.807) is 11.8 Å². The van der Waals surface area contributed by atoms with Crippen LogP contribution in [0.4, 0.5) is 10.5 Å². The fraction of sp³-hybridized carbons (Fsp3) is 0.529. The number of hydrogen-bond acceptors (Lipinski definition) is 4. The van der Waals surface area contributed by atoms with E-state index in [2.05, 4.69) is 16.0 Å². The van der Waals surface area contributed by atoms with E-state index in [1.165, 1.54) is 0 Å². The van der Waals surface area contributed by atoms with E-state index < -0.39 is 0 Å². The number of carbonyl (C=O) groups excluding carboxylic acids is 2. The number of unbranched alkanes of at least 4 members (excludes halogenated alkanes) is 1. The zero-order chi connectivity index (χ0) is 16.9. The summed E-state index contributed by atoms with van der Waals surface area (Å²) in [6.07, 6.45) is 5.50. The van der Waals surface area contributed by atoms with Gasteiger partial charge in [-0.1, -0.05) is 12.5 Å². The second-order valence-corrected chi connectivity index (χ2v) is 8.30. The maximum absolute atomic E-state index is 12.0. The molecular weight excluding hydrogens is 342 g/mol. The van der Waals surface area contributed by atoms with E-state index in [9.17, 15) is 9.59 Å². The molecule has 24 heavy (non-hydrogen) atoms. The van der Waals surface area contributed by atoms with Crippen molar-refractivity contribution in [1.29, 1.82) is 0 Å². The van der Waals surface area contributed by atoms with Crippen molar-refractivity contribution in [3.8, 4) is 0 Å². The van der Waals surface area contributed by atoms with Crippen LogP contribution in [0.1, 0.15) is 25.7 Å². The molecule has 3 N–H and O–H groups in total. The lowest BCUT2D eigenvalue weighted by Gasteiger charge is -2.16. The predicted molar refractivity (Wildman–Crippen MR) is 101 cm³/mol. The Bertz CT molecular complexity index is 611. The minimum Gasteiger partial charge on any atom is -0.332 e. The molecule has 130 valence electrons. The summed E-state index contributed by atoms with van der Waals surface area (Å²) in [4.78, 5) is 24.5. The largest absolute Gasteiger partial charge is 0.332 e. The van der Waals surface area contributed by atoms with Gasteiger partial charge in [0.15, 0.2) is 0 Å². The van der Waals surface area contributed by atoms with Crippen LogP contribution in [0, 0.1) is 0 Å². The van der Waals surface area contributed by atoms with Gasteiger partial charge in [0.05, 0.1) is 12.1 Å². The van der Waals surface area contributed by atoms with Gasteiger partial charge in [-0.3, -0.25) is 4.79 Å². The van der Waals surface area contributed by atoms with E-state index in [0.29, 0.717) is 11.7 Å². The van der Waals surface area contributed by atoms with Crippen LogP contribution in [0.5, 0.6) is 0 Å². The number of nitrogens with one attached hydrogen (secondary N) is 3. The summed E-state index contributed by atoms with van der Waals surface area (Å²) < 4.78 is 0. The molecule has 2 heterocycles. The number of rotatable bonds is 7. The predicted octanol–water partition coefficient (Wildman–Crippen LogP) is 3.07. The molecule has 3 amide bonds. The Balaban J connectivity index is 1.36. The minimum atomic E-state index is -0.0397. The Morgan fingerprint density at radius 1 is 1.38 bits per heavy atom. The van der Waals surface area contributed by atoms with Crippen molar-refractivity contribution in [3.05, 3.63) is 24.3 Å². The van der Waals surface area contributed by atoms with Gasteiger partial charge in [-0.05, 0) is 37.3 Å². The smallest absolute Gasteiger partial charge is 0.315 e. The standard InChI is InChI=1S/C17H23N3O2S2/c1-23-12-6-4-5-11(9-12)18-15(21)8-3-2-7-14-16-13(10-24-14)19-17(22)20-16/h4-6,9,13-14,16H,2-3,7-8,10H2,1H3,(H,18,21)(H2,19,20,22). The van der Waals surface area contributed by atoms with Crippen LogP contribution in [0.2, 0.25) is 0 Å². The van der Waals surface area contributed by atoms with Crippen LogP contribution in [-0.4, -0.2) is 41.3 Å². The second-order valence-electron chi connectivity index (χ2n) is 6.15. The van der Waals surface area contributed by atoms with Gasteiger partial charge in [0, 0.05) is 28.0 Å². The Labute approximate surface area is 151 Å². The molecule has 1 aromatic rings. The number of thioether (sulfide) groups is 2. The third-order valence-corrected chi connectivity index (χ3v) is 6.67. The molecule has 0 aromatic heterocycles. The van der Waals surface area contributed by atoms with Gasteiger partial charge in [0.1, 0.15) is 0 Å². The normalized spacial score (nSPS) is 25.0. The van der Waals surface area contributed by atoms with Crippen LogP contribution in [0.15, 0.2) is 29.2 Å². The summed E-state index contributed by atoms with van der Waals surface area (Å²) in [5.41, 5.74) is 0.862. The van der Waals surface area contributed by atoms with Crippen molar-refractivity contribution in [2.24, 2.45) is 0 Å². The SMILES string of the molecule is CSc1cccc(NC(=O)CCCCC2SCC3NC(=O)NC32)c1. The summed E-state index contributed by atoms with van der Waals surface area (Å²) >= 11 is 3.59. The fourth-order valence-electron chi connectivity index (χ4n) is 3.20. The summed E-state index contributed by atoms with van der Waals surface area (Å²) in [6.45, 7) is 0. The fourth-order valence-corrected chi connectivity index (χ4v) is 5.20. The van der Waals surface area contributed by atoms with E-state index in [-0.39, 0.29) is 24.0 Å². The number of amides is 3. The lowest BCUT2D eigenvalue weighted by molar-refractivity contribution is -0.116. The van der Waals surface area contributed by atoms with Crippen molar-refractivity contribution in [3.63, 3.8) is 0 Å². The molecule has 2 fully saturated rings. The zero-order valence-electron chi connectivity index (χ0n) is 13.7. The van der Waals surface area contributed by atoms with Crippen molar-refractivity contribution < 1.29 is 9.59 Å². The van der Waals surface area contributed by atoms with Crippen molar-refractivity contribution in [1.82, 2.24) is 10.6 Å². The maximum Gasteiger partial charge on any atom is 0.315 e. The lowest BCUT2D eigenvalue weighted by atomic mass is 10.0. The average Bonchev–Trinajstić information content (AvgIpc) is 3.11. The molecule has 0 spiro atoms. The van der Waals surface area contributed by atoms with Crippen LogP contribution >= 0.6 is 23.5 Å². The second kappa shape index (κ2) is 8.16. The maximum atomic E-state index is 12.0. The van der Waals surface area contributed by atoms with E-state index >= 15 is 0 Å². The Morgan fingerprint density at radius 3 is 3.08 bits per heavy atom. The zero-order valence-corrected chi connectivity index (χ0v) is 15.3. The molecule has 3 atom stereocenters. The molecule has 0 saturated carbocycles. The molecule has 7 heteroatoms. The Morgan fingerprint density at radius 2 is 2.25 bits per heavy atom. The molecule has 0 radical (unpaired) electrons. The third-order valence-electron chi connectivity index (χ3n) is 4.43. The average molecular weight is 366 g/mol. The number of urea groups is 1. The Hall–Kier alpha value is -1.34. The first kappa shape index (κ1) is 17.5. The summed E-state index contributed by atoms with van der Waals surface area (Å²) in [6, 6.07) is 8.39.